The maximum absolute atomic E-state index is 11.6. The van der Waals surface area contributed by atoms with Crippen molar-refractivity contribution in [2.45, 2.75) is 0 Å². The Balaban J connectivity index is 2.28. The second-order valence-corrected chi connectivity index (χ2v) is 4.31. The van der Waals surface area contributed by atoms with Crippen molar-refractivity contribution in [1.82, 2.24) is 10.3 Å². The van der Waals surface area contributed by atoms with E-state index in [9.17, 15) is 4.79 Å². The van der Waals surface area contributed by atoms with Gasteiger partial charge in [0, 0.05) is 21.9 Å². The van der Waals surface area contributed by atoms with Crippen LogP contribution in [-0.2, 0) is 0 Å². The van der Waals surface area contributed by atoms with Crippen molar-refractivity contribution in [2.75, 3.05) is 13.2 Å². The van der Waals surface area contributed by atoms with Crippen molar-refractivity contribution < 1.29 is 9.90 Å². The van der Waals surface area contributed by atoms with Crippen LogP contribution in [0.5, 0.6) is 0 Å². The maximum Gasteiger partial charge on any atom is 0.267 e. The third kappa shape index (κ3) is 2.25. The summed E-state index contributed by atoms with van der Waals surface area (Å²) in [6.07, 6.45) is 0. The minimum Gasteiger partial charge on any atom is -0.395 e. The molecule has 84 valence electrons. The Morgan fingerprint density at radius 2 is 2.25 bits per heavy atom. The van der Waals surface area contributed by atoms with Gasteiger partial charge in [-0.2, -0.15) is 0 Å². The average Bonchev–Trinajstić information content (AvgIpc) is 2.68. The number of carbonyl (C=O) groups is 1. The lowest BCUT2D eigenvalue weighted by molar-refractivity contribution is 0.0940. The molecule has 0 aliphatic heterocycles. The lowest BCUT2D eigenvalue weighted by Crippen LogP contribution is -2.26. The fourth-order valence-corrected chi connectivity index (χ4v) is 1.87. The topological polar surface area (TPSA) is 65.1 Å². The molecule has 0 unspecified atom stereocenters. The molecule has 0 saturated heterocycles. The molecule has 0 aliphatic carbocycles. The zero-order valence-electron chi connectivity index (χ0n) is 8.46. The highest BCUT2D eigenvalue weighted by Gasteiger charge is 2.08. The molecule has 0 aliphatic rings. The lowest BCUT2D eigenvalue weighted by Gasteiger charge is -1.99. The van der Waals surface area contributed by atoms with E-state index in [2.05, 4.69) is 26.2 Å². The smallest absolute Gasteiger partial charge is 0.267 e. The summed E-state index contributed by atoms with van der Waals surface area (Å²) in [4.78, 5) is 14.6. The van der Waals surface area contributed by atoms with E-state index in [1.165, 1.54) is 0 Å². The molecule has 1 heterocycles. The number of amides is 1. The van der Waals surface area contributed by atoms with Gasteiger partial charge in [0.25, 0.3) is 5.91 Å². The number of rotatable bonds is 3. The van der Waals surface area contributed by atoms with Crippen molar-refractivity contribution in [1.29, 1.82) is 0 Å². The molecule has 2 rings (SSSR count). The number of nitrogens with one attached hydrogen (secondary N) is 2. The number of aliphatic hydroxyl groups is 1. The van der Waals surface area contributed by atoms with Gasteiger partial charge in [-0.15, -0.1) is 0 Å². The average molecular weight is 283 g/mol. The molecule has 2 aromatic rings. The molecule has 0 fully saturated rings. The number of aromatic amines is 1. The monoisotopic (exact) mass is 282 g/mol. The number of hydrogen-bond donors (Lipinski definition) is 3. The van der Waals surface area contributed by atoms with Crippen molar-refractivity contribution in [3.8, 4) is 0 Å². The second-order valence-electron chi connectivity index (χ2n) is 3.39. The standard InChI is InChI=1S/C11H11BrN2O2/c12-8-1-2-9-7(5-8)6-10(14-9)11(16)13-3-4-15/h1-2,5-6,14-15H,3-4H2,(H,13,16). The van der Waals surface area contributed by atoms with Crippen molar-refractivity contribution in [2.24, 2.45) is 0 Å². The van der Waals surface area contributed by atoms with Gasteiger partial charge >= 0.3 is 0 Å². The molecule has 0 saturated carbocycles. The summed E-state index contributed by atoms with van der Waals surface area (Å²) in [6, 6.07) is 7.54. The molecule has 0 spiro atoms. The van der Waals surface area contributed by atoms with Crippen molar-refractivity contribution in [3.05, 3.63) is 34.4 Å². The molecule has 1 aromatic heterocycles. The van der Waals surface area contributed by atoms with E-state index in [1.807, 2.05) is 18.2 Å². The Hall–Kier alpha value is -1.33. The summed E-state index contributed by atoms with van der Waals surface area (Å²) in [5, 5.41) is 12.2. The number of benzene rings is 1. The molecule has 1 amide bonds. The Kier molecular flexibility index (Phi) is 3.26. The zero-order valence-corrected chi connectivity index (χ0v) is 10.0. The normalized spacial score (nSPS) is 10.6. The molecular weight excluding hydrogens is 272 g/mol. The quantitative estimate of drug-likeness (QED) is 0.802. The van der Waals surface area contributed by atoms with Crippen LogP contribution in [0.4, 0.5) is 0 Å². The number of fused-ring (bicyclic) bond motifs is 1. The molecule has 16 heavy (non-hydrogen) atoms. The Bertz CT molecular complexity index is 522. The highest BCUT2D eigenvalue weighted by molar-refractivity contribution is 9.10. The molecule has 0 radical (unpaired) electrons. The van der Waals surface area contributed by atoms with Crippen LogP contribution in [0, 0.1) is 0 Å². The predicted molar refractivity (Wildman–Crippen MR) is 65.4 cm³/mol. The van der Waals surface area contributed by atoms with E-state index in [4.69, 9.17) is 5.11 Å². The van der Waals surface area contributed by atoms with Crippen molar-refractivity contribution >= 4 is 32.7 Å². The van der Waals surface area contributed by atoms with Crippen LogP contribution in [0.1, 0.15) is 10.5 Å². The highest BCUT2D eigenvalue weighted by atomic mass is 79.9. The summed E-state index contributed by atoms with van der Waals surface area (Å²) in [6.45, 7) is 0.204. The van der Waals surface area contributed by atoms with Gasteiger partial charge in [0.05, 0.1) is 6.61 Å². The lowest BCUT2D eigenvalue weighted by atomic mass is 10.2. The van der Waals surface area contributed by atoms with E-state index >= 15 is 0 Å². The molecule has 3 N–H and O–H groups in total. The van der Waals surface area contributed by atoms with Gasteiger partial charge in [0.2, 0.25) is 0 Å². The van der Waals surface area contributed by atoms with Gasteiger partial charge in [-0.25, -0.2) is 0 Å². The summed E-state index contributed by atoms with van der Waals surface area (Å²) in [7, 11) is 0. The first kappa shape index (κ1) is 11.2. The first-order chi connectivity index (χ1) is 7.70. The maximum atomic E-state index is 11.6. The third-order valence-corrected chi connectivity index (χ3v) is 2.72. The number of aromatic nitrogens is 1. The van der Waals surface area contributed by atoms with Gasteiger partial charge in [0.15, 0.2) is 0 Å². The van der Waals surface area contributed by atoms with Crippen LogP contribution in [0.25, 0.3) is 10.9 Å². The van der Waals surface area contributed by atoms with Gasteiger partial charge in [-0.3, -0.25) is 4.79 Å². The van der Waals surface area contributed by atoms with Crippen molar-refractivity contribution in [3.63, 3.8) is 0 Å². The Morgan fingerprint density at radius 1 is 1.44 bits per heavy atom. The molecule has 0 bridgehead atoms. The van der Waals surface area contributed by atoms with Crippen LogP contribution in [0.15, 0.2) is 28.7 Å². The van der Waals surface area contributed by atoms with Gasteiger partial charge in [-0.05, 0) is 24.3 Å². The molecular formula is C11H11BrN2O2. The van der Waals surface area contributed by atoms with Crippen LogP contribution in [-0.4, -0.2) is 29.1 Å². The van der Waals surface area contributed by atoms with Gasteiger partial charge in [0.1, 0.15) is 5.69 Å². The number of carbonyl (C=O) groups excluding carboxylic acids is 1. The van der Waals surface area contributed by atoms with E-state index in [0.717, 1.165) is 15.4 Å². The number of aliphatic hydroxyl groups excluding tert-OH is 1. The van der Waals surface area contributed by atoms with E-state index < -0.39 is 0 Å². The predicted octanol–water partition coefficient (Wildman–Crippen LogP) is 1.65. The van der Waals surface area contributed by atoms with Crippen LogP contribution in [0.3, 0.4) is 0 Å². The number of halogens is 1. The summed E-state index contributed by atoms with van der Waals surface area (Å²) in [5.41, 5.74) is 1.42. The first-order valence-electron chi connectivity index (χ1n) is 4.88. The fraction of sp³-hybridized carbons (Fsp3) is 0.182. The first-order valence-corrected chi connectivity index (χ1v) is 5.67. The van der Waals surface area contributed by atoms with E-state index in [1.54, 1.807) is 6.07 Å². The molecule has 0 atom stereocenters. The van der Waals surface area contributed by atoms with Crippen LogP contribution in [0.2, 0.25) is 0 Å². The van der Waals surface area contributed by atoms with Crippen LogP contribution >= 0.6 is 15.9 Å². The third-order valence-electron chi connectivity index (χ3n) is 2.22. The number of hydrogen-bond acceptors (Lipinski definition) is 2. The molecule has 5 heteroatoms. The highest BCUT2D eigenvalue weighted by Crippen LogP contribution is 2.20. The van der Waals surface area contributed by atoms with E-state index in [0.29, 0.717) is 5.69 Å². The fourth-order valence-electron chi connectivity index (χ4n) is 1.49. The number of H-pyrrole nitrogens is 1. The van der Waals surface area contributed by atoms with Gasteiger partial charge < -0.3 is 15.4 Å². The molecule has 4 nitrogen and oxygen atoms in total. The van der Waals surface area contributed by atoms with Gasteiger partial charge in [-0.1, -0.05) is 15.9 Å². The Labute approximate surface area is 101 Å². The summed E-state index contributed by atoms with van der Waals surface area (Å²) >= 11 is 3.37. The van der Waals surface area contributed by atoms with Crippen LogP contribution < -0.4 is 5.32 Å². The molecule has 1 aromatic carbocycles. The largest absolute Gasteiger partial charge is 0.395 e. The zero-order chi connectivity index (χ0) is 11.5. The van der Waals surface area contributed by atoms with E-state index in [-0.39, 0.29) is 19.1 Å². The Morgan fingerprint density at radius 3 is 3.00 bits per heavy atom. The summed E-state index contributed by atoms with van der Waals surface area (Å²) < 4.78 is 0.973. The summed E-state index contributed by atoms with van der Waals surface area (Å²) in [5.74, 6) is -0.207. The second kappa shape index (κ2) is 4.67. The SMILES string of the molecule is O=C(NCCO)c1cc2cc(Br)ccc2[nH]1. The minimum absolute atomic E-state index is 0.0580. The minimum atomic E-state index is -0.207.